The van der Waals surface area contributed by atoms with Crippen molar-refractivity contribution in [3.63, 3.8) is 0 Å². The molecule has 2 unspecified atom stereocenters. The van der Waals surface area contributed by atoms with Gasteiger partial charge in [0.05, 0.1) is 21.8 Å². The Bertz CT molecular complexity index is 1070. The van der Waals surface area contributed by atoms with Crippen LogP contribution in [0.5, 0.6) is 0 Å². The van der Waals surface area contributed by atoms with Crippen molar-refractivity contribution in [2.45, 2.75) is 31.3 Å². The van der Waals surface area contributed by atoms with Crippen molar-refractivity contribution in [1.29, 1.82) is 0 Å². The van der Waals surface area contributed by atoms with Crippen LogP contribution in [-0.2, 0) is 6.42 Å². The standard InChI is InChI=1S/C22H17Cl2N3O/c23-18-7-5-15(9-19(18)24)13-1-3-14(4-2-13)22(28)27-16-6-8-21(27)17-11-25-12-26-20(17)10-16/h1-5,7,9,11-12,16,21H,6,8,10H2. The third-order valence-electron chi connectivity index (χ3n) is 5.74. The molecule has 1 saturated heterocycles. The number of fused-ring (bicyclic) bond motifs is 4. The monoisotopic (exact) mass is 409 g/mol. The Morgan fingerprint density at radius 3 is 2.57 bits per heavy atom. The van der Waals surface area contributed by atoms with Gasteiger partial charge in [0.25, 0.3) is 5.91 Å². The van der Waals surface area contributed by atoms with E-state index >= 15 is 0 Å². The molecule has 2 atom stereocenters. The molecule has 1 aromatic heterocycles. The second kappa shape index (κ2) is 6.87. The van der Waals surface area contributed by atoms with E-state index in [1.165, 1.54) is 0 Å². The first kappa shape index (κ1) is 17.7. The van der Waals surface area contributed by atoms with Crippen molar-refractivity contribution in [3.05, 3.63) is 81.9 Å². The first-order chi connectivity index (χ1) is 13.6. The third kappa shape index (κ3) is 2.88. The lowest BCUT2D eigenvalue weighted by Gasteiger charge is -2.35. The van der Waals surface area contributed by atoms with Crippen LogP contribution in [0.2, 0.25) is 10.0 Å². The average molecular weight is 410 g/mol. The Labute approximate surface area is 173 Å². The fraction of sp³-hybridized carbons (Fsp3) is 0.227. The molecule has 1 fully saturated rings. The highest BCUT2D eigenvalue weighted by Crippen LogP contribution is 2.43. The highest BCUT2D eigenvalue weighted by molar-refractivity contribution is 6.42. The summed E-state index contributed by atoms with van der Waals surface area (Å²) in [4.78, 5) is 23.9. The van der Waals surface area contributed by atoms with Crippen LogP contribution < -0.4 is 0 Å². The number of hydrogen-bond acceptors (Lipinski definition) is 3. The van der Waals surface area contributed by atoms with Gasteiger partial charge in [-0.15, -0.1) is 0 Å². The van der Waals surface area contributed by atoms with Gasteiger partial charge in [-0.1, -0.05) is 41.4 Å². The first-order valence-electron chi connectivity index (χ1n) is 9.29. The van der Waals surface area contributed by atoms with Crippen molar-refractivity contribution in [2.24, 2.45) is 0 Å². The molecule has 3 heterocycles. The second-order valence-electron chi connectivity index (χ2n) is 7.29. The number of rotatable bonds is 2. The van der Waals surface area contributed by atoms with Crippen molar-refractivity contribution >= 4 is 29.1 Å². The summed E-state index contributed by atoms with van der Waals surface area (Å²) in [7, 11) is 0. The normalized spacial score (nSPS) is 20.1. The van der Waals surface area contributed by atoms with Crippen LogP contribution in [0.4, 0.5) is 0 Å². The molecule has 0 N–H and O–H groups in total. The molecule has 5 rings (SSSR count). The van der Waals surface area contributed by atoms with Gasteiger partial charge >= 0.3 is 0 Å². The van der Waals surface area contributed by atoms with Crippen LogP contribution in [0.3, 0.4) is 0 Å². The van der Waals surface area contributed by atoms with E-state index in [1.807, 2.05) is 47.5 Å². The average Bonchev–Trinajstić information content (AvgIpc) is 3.04. The molecular formula is C22H17Cl2N3O. The van der Waals surface area contributed by atoms with Gasteiger partial charge in [-0.3, -0.25) is 4.79 Å². The molecule has 6 heteroatoms. The Kier molecular flexibility index (Phi) is 4.33. The summed E-state index contributed by atoms with van der Waals surface area (Å²) in [6, 6.07) is 13.5. The maximum absolute atomic E-state index is 13.3. The van der Waals surface area contributed by atoms with Crippen LogP contribution in [-0.4, -0.2) is 26.8 Å². The number of hydrogen-bond donors (Lipinski definition) is 0. The fourth-order valence-corrected chi connectivity index (χ4v) is 4.66. The van der Waals surface area contributed by atoms with Gasteiger partial charge < -0.3 is 4.90 Å². The smallest absolute Gasteiger partial charge is 0.254 e. The number of halogens is 2. The van der Waals surface area contributed by atoms with Crippen LogP contribution in [0.1, 0.15) is 40.5 Å². The van der Waals surface area contributed by atoms with Crippen molar-refractivity contribution in [3.8, 4) is 11.1 Å². The van der Waals surface area contributed by atoms with Crippen LogP contribution >= 0.6 is 23.2 Å². The molecule has 0 aliphatic carbocycles. The van der Waals surface area contributed by atoms with Crippen LogP contribution in [0.25, 0.3) is 11.1 Å². The second-order valence-corrected chi connectivity index (χ2v) is 8.11. The SMILES string of the molecule is O=C(c1ccc(-c2ccc(Cl)c(Cl)c2)cc1)N1C2CCC1c1cncnc1C2. The third-order valence-corrected chi connectivity index (χ3v) is 6.48. The molecule has 140 valence electrons. The summed E-state index contributed by atoms with van der Waals surface area (Å²) in [6.45, 7) is 0. The van der Waals surface area contributed by atoms with Crippen LogP contribution in [0, 0.1) is 0 Å². The summed E-state index contributed by atoms with van der Waals surface area (Å²) < 4.78 is 0. The maximum Gasteiger partial charge on any atom is 0.254 e. The van der Waals surface area contributed by atoms with Gasteiger partial charge in [-0.05, 0) is 48.2 Å². The molecule has 2 aliphatic heterocycles. The first-order valence-corrected chi connectivity index (χ1v) is 10.0. The number of aromatic nitrogens is 2. The predicted molar refractivity (Wildman–Crippen MR) is 110 cm³/mol. The summed E-state index contributed by atoms with van der Waals surface area (Å²) >= 11 is 12.1. The van der Waals surface area contributed by atoms with E-state index in [4.69, 9.17) is 23.2 Å². The van der Waals surface area contributed by atoms with E-state index in [0.29, 0.717) is 15.6 Å². The molecule has 28 heavy (non-hydrogen) atoms. The van der Waals surface area contributed by atoms with E-state index < -0.39 is 0 Å². The minimum atomic E-state index is 0.0719. The maximum atomic E-state index is 13.3. The Balaban J connectivity index is 1.43. The summed E-state index contributed by atoms with van der Waals surface area (Å²) in [5.41, 5.74) is 4.84. The van der Waals surface area contributed by atoms with Crippen molar-refractivity contribution < 1.29 is 4.79 Å². The molecule has 0 radical (unpaired) electrons. The minimum Gasteiger partial charge on any atom is -0.328 e. The zero-order valence-corrected chi connectivity index (χ0v) is 16.5. The number of amides is 1. The predicted octanol–water partition coefficient (Wildman–Crippen LogP) is 5.35. The Hall–Kier alpha value is -2.43. The zero-order valence-electron chi connectivity index (χ0n) is 15.0. The molecule has 0 saturated carbocycles. The summed E-state index contributed by atoms with van der Waals surface area (Å²) in [5.74, 6) is 0.0719. The quantitative estimate of drug-likeness (QED) is 0.572. The van der Waals surface area contributed by atoms with E-state index in [2.05, 4.69) is 9.97 Å². The largest absolute Gasteiger partial charge is 0.328 e. The van der Waals surface area contributed by atoms with Gasteiger partial charge in [-0.2, -0.15) is 0 Å². The Morgan fingerprint density at radius 1 is 1.00 bits per heavy atom. The number of nitrogens with zero attached hydrogens (tertiary/aromatic N) is 3. The van der Waals surface area contributed by atoms with Crippen molar-refractivity contribution in [1.82, 2.24) is 14.9 Å². The van der Waals surface area contributed by atoms with E-state index in [9.17, 15) is 4.79 Å². The summed E-state index contributed by atoms with van der Waals surface area (Å²) in [5, 5.41) is 1.05. The van der Waals surface area contributed by atoms with Gasteiger partial charge in [0.1, 0.15) is 6.33 Å². The van der Waals surface area contributed by atoms with Gasteiger partial charge in [0.15, 0.2) is 0 Å². The topological polar surface area (TPSA) is 46.1 Å². The Morgan fingerprint density at radius 2 is 1.79 bits per heavy atom. The number of carbonyl (C=O) groups excluding carboxylic acids is 1. The van der Waals surface area contributed by atoms with E-state index in [-0.39, 0.29) is 18.0 Å². The number of benzene rings is 2. The molecule has 2 aromatic carbocycles. The molecule has 2 bridgehead atoms. The summed E-state index contributed by atoms with van der Waals surface area (Å²) in [6.07, 6.45) is 6.24. The minimum absolute atomic E-state index is 0.0719. The highest BCUT2D eigenvalue weighted by atomic mass is 35.5. The molecule has 4 nitrogen and oxygen atoms in total. The molecule has 0 spiro atoms. The van der Waals surface area contributed by atoms with Gasteiger partial charge in [0.2, 0.25) is 0 Å². The van der Waals surface area contributed by atoms with Gasteiger partial charge in [0, 0.05) is 29.8 Å². The highest BCUT2D eigenvalue weighted by Gasteiger charge is 2.43. The molecular weight excluding hydrogens is 393 g/mol. The molecule has 2 aliphatic rings. The van der Waals surface area contributed by atoms with Crippen LogP contribution in [0.15, 0.2) is 55.0 Å². The zero-order chi connectivity index (χ0) is 19.3. The molecule has 1 amide bonds. The number of carbonyl (C=O) groups is 1. The lowest BCUT2D eigenvalue weighted by molar-refractivity contribution is 0.0644. The van der Waals surface area contributed by atoms with Crippen molar-refractivity contribution in [2.75, 3.05) is 0 Å². The van der Waals surface area contributed by atoms with E-state index in [1.54, 1.807) is 12.4 Å². The van der Waals surface area contributed by atoms with Gasteiger partial charge in [-0.25, -0.2) is 9.97 Å². The lowest BCUT2D eigenvalue weighted by atomic mass is 9.97. The van der Waals surface area contributed by atoms with E-state index in [0.717, 1.165) is 41.6 Å². The fourth-order valence-electron chi connectivity index (χ4n) is 4.36. The lowest BCUT2D eigenvalue weighted by Crippen LogP contribution is -2.42. The molecule has 3 aromatic rings.